The van der Waals surface area contributed by atoms with E-state index in [0.717, 1.165) is 12.1 Å². The fourth-order valence-corrected chi connectivity index (χ4v) is 3.71. The van der Waals surface area contributed by atoms with Crippen molar-refractivity contribution in [3.63, 3.8) is 0 Å². The van der Waals surface area contributed by atoms with Gasteiger partial charge in [0, 0.05) is 19.1 Å². The molecule has 0 bridgehead atoms. The number of halogens is 4. The molecule has 120 valence electrons. The molecule has 0 spiro atoms. The largest absolute Gasteiger partial charge is 0.416 e. The van der Waals surface area contributed by atoms with Gasteiger partial charge in [0.2, 0.25) is 10.0 Å². The van der Waals surface area contributed by atoms with E-state index in [9.17, 15) is 21.6 Å². The zero-order valence-electron chi connectivity index (χ0n) is 11.2. The van der Waals surface area contributed by atoms with Gasteiger partial charge in [0.25, 0.3) is 0 Å². The molecule has 1 N–H and O–H groups in total. The Labute approximate surface area is 127 Å². The van der Waals surface area contributed by atoms with E-state index in [1.54, 1.807) is 7.05 Å². The Morgan fingerprint density at radius 1 is 1.33 bits per heavy atom. The number of likely N-dealkylation sites (N-methyl/N-ethyl adjacent to an activating group) is 1. The smallest absolute Gasteiger partial charge is 0.316 e. The minimum atomic E-state index is -4.55. The van der Waals surface area contributed by atoms with Crippen molar-refractivity contribution in [1.29, 1.82) is 0 Å². The average molecular weight is 345 g/mol. The van der Waals surface area contributed by atoms with Gasteiger partial charge in [-0.3, -0.25) is 0 Å². The van der Waals surface area contributed by atoms with Gasteiger partial charge in [-0.15, -0.1) is 12.4 Å². The van der Waals surface area contributed by atoms with Crippen molar-refractivity contribution in [3.8, 4) is 0 Å². The number of nitrogens with zero attached hydrogens (tertiary/aromatic N) is 1. The molecule has 1 aromatic rings. The molecule has 0 aliphatic carbocycles. The SMILES string of the molecule is CNC1CCN(S(=O)(=O)c2cccc(C(F)(F)F)c2)C1.Cl. The summed E-state index contributed by atoms with van der Waals surface area (Å²) in [5.41, 5.74) is -0.956. The molecule has 1 aliphatic rings. The summed E-state index contributed by atoms with van der Waals surface area (Å²) in [6.45, 7) is 0.583. The maximum Gasteiger partial charge on any atom is 0.416 e. The Morgan fingerprint density at radius 3 is 2.52 bits per heavy atom. The number of sulfonamides is 1. The first kappa shape index (κ1) is 18.2. The highest BCUT2D eigenvalue weighted by atomic mass is 35.5. The number of rotatable bonds is 3. The zero-order valence-corrected chi connectivity index (χ0v) is 12.9. The molecule has 1 fully saturated rings. The topological polar surface area (TPSA) is 49.4 Å². The van der Waals surface area contributed by atoms with E-state index >= 15 is 0 Å². The monoisotopic (exact) mass is 344 g/mol. The number of alkyl halides is 3. The molecule has 2 rings (SSSR count). The third kappa shape index (κ3) is 3.88. The van der Waals surface area contributed by atoms with Crippen LogP contribution in [0.15, 0.2) is 29.2 Å². The second kappa shape index (κ2) is 6.51. The van der Waals surface area contributed by atoms with Crippen molar-refractivity contribution in [2.45, 2.75) is 23.5 Å². The number of nitrogens with one attached hydrogen (secondary N) is 1. The van der Waals surface area contributed by atoms with Gasteiger partial charge in [-0.2, -0.15) is 17.5 Å². The normalized spacial score (nSPS) is 20.3. The van der Waals surface area contributed by atoms with Gasteiger partial charge >= 0.3 is 6.18 Å². The second-order valence-electron chi connectivity index (χ2n) is 4.66. The Kier molecular flexibility index (Phi) is 5.65. The molecule has 1 aromatic carbocycles. The Balaban J connectivity index is 0.00000220. The van der Waals surface area contributed by atoms with Gasteiger partial charge in [0.1, 0.15) is 0 Å². The molecule has 0 radical (unpaired) electrons. The van der Waals surface area contributed by atoms with Gasteiger partial charge in [-0.25, -0.2) is 8.42 Å². The Morgan fingerprint density at radius 2 is 2.00 bits per heavy atom. The Bertz CT molecular complexity index is 592. The minimum Gasteiger partial charge on any atom is -0.316 e. The van der Waals surface area contributed by atoms with Gasteiger partial charge in [0.05, 0.1) is 10.5 Å². The summed E-state index contributed by atoms with van der Waals surface area (Å²) in [5.74, 6) is 0. The van der Waals surface area contributed by atoms with E-state index < -0.39 is 21.8 Å². The van der Waals surface area contributed by atoms with E-state index in [-0.39, 0.29) is 29.9 Å². The van der Waals surface area contributed by atoms with E-state index in [1.807, 2.05) is 0 Å². The summed E-state index contributed by atoms with van der Waals surface area (Å²) in [5, 5.41) is 2.97. The van der Waals surface area contributed by atoms with Crippen LogP contribution in [0, 0.1) is 0 Å². The van der Waals surface area contributed by atoms with Gasteiger partial charge in [-0.05, 0) is 31.7 Å². The summed E-state index contributed by atoms with van der Waals surface area (Å²) < 4.78 is 63.7. The standard InChI is InChI=1S/C12H15F3N2O2S.ClH/c1-16-10-5-6-17(8-10)20(18,19)11-4-2-3-9(7-11)12(13,14)15;/h2-4,7,10,16H,5-6,8H2,1H3;1H. The summed E-state index contributed by atoms with van der Waals surface area (Å²) in [6, 6.07) is 3.88. The summed E-state index contributed by atoms with van der Waals surface area (Å²) in [6.07, 6.45) is -3.90. The molecule has 0 saturated carbocycles. The molecule has 4 nitrogen and oxygen atoms in total. The summed E-state index contributed by atoms with van der Waals surface area (Å²) in [4.78, 5) is -0.316. The van der Waals surface area contributed by atoms with E-state index in [1.165, 1.54) is 10.4 Å². The number of benzene rings is 1. The van der Waals surface area contributed by atoms with Crippen LogP contribution in [0.3, 0.4) is 0 Å². The quantitative estimate of drug-likeness (QED) is 0.913. The van der Waals surface area contributed by atoms with Crippen molar-refractivity contribution in [2.24, 2.45) is 0 Å². The van der Waals surface area contributed by atoms with E-state index in [0.29, 0.717) is 19.0 Å². The number of hydrogen-bond donors (Lipinski definition) is 1. The molecular weight excluding hydrogens is 329 g/mol. The predicted molar refractivity (Wildman–Crippen MR) is 74.9 cm³/mol. The lowest BCUT2D eigenvalue weighted by molar-refractivity contribution is -0.137. The van der Waals surface area contributed by atoms with E-state index in [2.05, 4.69) is 5.32 Å². The first-order valence-electron chi connectivity index (χ1n) is 6.10. The van der Waals surface area contributed by atoms with Gasteiger partial charge in [-0.1, -0.05) is 6.07 Å². The third-order valence-corrected chi connectivity index (χ3v) is 5.22. The van der Waals surface area contributed by atoms with Crippen LogP contribution < -0.4 is 5.32 Å². The molecule has 1 heterocycles. The van der Waals surface area contributed by atoms with Crippen LogP contribution in [0.4, 0.5) is 13.2 Å². The average Bonchev–Trinajstić information content (AvgIpc) is 2.87. The minimum absolute atomic E-state index is 0. The highest BCUT2D eigenvalue weighted by Crippen LogP contribution is 2.31. The lowest BCUT2D eigenvalue weighted by Crippen LogP contribution is -2.33. The van der Waals surface area contributed by atoms with Gasteiger partial charge < -0.3 is 5.32 Å². The highest BCUT2D eigenvalue weighted by molar-refractivity contribution is 7.89. The first-order valence-corrected chi connectivity index (χ1v) is 7.54. The zero-order chi connectivity index (χ0) is 15.0. The Hall–Kier alpha value is -0.830. The lowest BCUT2D eigenvalue weighted by atomic mass is 10.2. The molecule has 1 atom stereocenters. The lowest BCUT2D eigenvalue weighted by Gasteiger charge is -2.17. The van der Waals surface area contributed by atoms with Crippen LogP contribution >= 0.6 is 12.4 Å². The molecule has 0 amide bonds. The van der Waals surface area contributed by atoms with Crippen LogP contribution in [0.1, 0.15) is 12.0 Å². The molecule has 1 unspecified atom stereocenters. The van der Waals surface area contributed by atoms with Crippen molar-refractivity contribution in [2.75, 3.05) is 20.1 Å². The maximum absolute atomic E-state index is 12.6. The van der Waals surface area contributed by atoms with Crippen molar-refractivity contribution >= 4 is 22.4 Å². The van der Waals surface area contributed by atoms with Crippen LogP contribution in [0.25, 0.3) is 0 Å². The van der Waals surface area contributed by atoms with Crippen LogP contribution in [-0.2, 0) is 16.2 Å². The molecular formula is C12H16ClF3N2O2S. The molecule has 0 aromatic heterocycles. The van der Waals surface area contributed by atoms with Crippen molar-refractivity contribution < 1.29 is 21.6 Å². The molecule has 1 saturated heterocycles. The molecule has 1 aliphatic heterocycles. The summed E-state index contributed by atoms with van der Waals surface area (Å²) in [7, 11) is -2.14. The van der Waals surface area contributed by atoms with Gasteiger partial charge in [0.15, 0.2) is 0 Å². The van der Waals surface area contributed by atoms with Crippen LogP contribution in [-0.4, -0.2) is 38.9 Å². The fraction of sp³-hybridized carbons (Fsp3) is 0.500. The summed E-state index contributed by atoms with van der Waals surface area (Å²) >= 11 is 0. The van der Waals surface area contributed by atoms with E-state index in [4.69, 9.17) is 0 Å². The maximum atomic E-state index is 12.6. The second-order valence-corrected chi connectivity index (χ2v) is 6.60. The number of hydrogen-bond acceptors (Lipinski definition) is 3. The molecule has 21 heavy (non-hydrogen) atoms. The van der Waals surface area contributed by atoms with Crippen molar-refractivity contribution in [1.82, 2.24) is 9.62 Å². The van der Waals surface area contributed by atoms with Crippen LogP contribution in [0.5, 0.6) is 0 Å². The van der Waals surface area contributed by atoms with Crippen molar-refractivity contribution in [3.05, 3.63) is 29.8 Å². The fourth-order valence-electron chi connectivity index (χ4n) is 2.16. The van der Waals surface area contributed by atoms with Crippen LogP contribution in [0.2, 0.25) is 0 Å². The highest BCUT2D eigenvalue weighted by Gasteiger charge is 2.35. The molecule has 9 heteroatoms. The predicted octanol–water partition coefficient (Wildman–Crippen LogP) is 2.11. The third-order valence-electron chi connectivity index (χ3n) is 3.36. The first-order chi connectivity index (χ1) is 9.25.